The molecule has 0 fully saturated rings. The van der Waals surface area contributed by atoms with Crippen LogP contribution in [0.4, 0.5) is 47.8 Å². The van der Waals surface area contributed by atoms with Crippen molar-refractivity contribution in [3.63, 3.8) is 0 Å². The maximum absolute atomic E-state index is 13.9. The van der Waals surface area contributed by atoms with Gasteiger partial charge in [0.15, 0.2) is 0 Å². The minimum absolute atomic E-state index is 0.0504. The van der Waals surface area contributed by atoms with Crippen molar-refractivity contribution < 1.29 is 45.1 Å². The second kappa shape index (κ2) is 11.9. The van der Waals surface area contributed by atoms with Crippen molar-refractivity contribution in [3.8, 4) is 0 Å². The molecule has 3 rings (SSSR count). The van der Waals surface area contributed by atoms with E-state index >= 15 is 0 Å². The van der Waals surface area contributed by atoms with Crippen LogP contribution in [-0.2, 0) is 14.4 Å². The molecule has 0 aromatic heterocycles. The summed E-state index contributed by atoms with van der Waals surface area (Å²) in [5.41, 5.74) is 6.13. The minimum Gasteiger partial charge on any atom is -0.369 e. The molecule has 1 aliphatic heterocycles. The number of nitrogens with zero attached hydrogens (tertiary/aromatic N) is 1. The molecule has 7 nitrogen and oxygen atoms in total. The summed E-state index contributed by atoms with van der Waals surface area (Å²) in [4.78, 5) is 39.7. The van der Waals surface area contributed by atoms with Crippen LogP contribution in [0.15, 0.2) is 48.5 Å². The SMILES string of the molecule is NC(=O)C(CCC(F)(F)F)C(CCC(F)(F)F)C(=O)NC1CN(c2ccccc2)c2ccc(F)cc2NC1=O. The number of hydrogen-bond acceptors (Lipinski definition) is 4. The van der Waals surface area contributed by atoms with Crippen molar-refractivity contribution in [2.24, 2.45) is 17.6 Å². The van der Waals surface area contributed by atoms with E-state index < -0.39 is 79.5 Å². The minimum atomic E-state index is -4.78. The Kier molecular flexibility index (Phi) is 9.07. The highest BCUT2D eigenvalue weighted by Gasteiger charge is 2.41. The van der Waals surface area contributed by atoms with Gasteiger partial charge in [0.05, 0.1) is 17.9 Å². The molecule has 39 heavy (non-hydrogen) atoms. The second-order valence-electron chi connectivity index (χ2n) is 9.08. The predicted molar refractivity (Wildman–Crippen MR) is 127 cm³/mol. The molecular weight excluding hydrogens is 537 g/mol. The molecule has 3 atom stereocenters. The molecule has 4 N–H and O–H groups in total. The Morgan fingerprint density at radius 1 is 0.974 bits per heavy atom. The zero-order valence-electron chi connectivity index (χ0n) is 20.3. The van der Waals surface area contributed by atoms with Crippen LogP contribution in [0.25, 0.3) is 0 Å². The van der Waals surface area contributed by atoms with Gasteiger partial charge in [0.25, 0.3) is 0 Å². The van der Waals surface area contributed by atoms with Gasteiger partial charge >= 0.3 is 12.4 Å². The van der Waals surface area contributed by atoms with Crippen molar-refractivity contribution in [3.05, 3.63) is 54.3 Å². The largest absolute Gasteiger partial charge is 0.389 e. The number of para-hydroxylation sites is 1. The molecular formula is C25H25F7N4O3. The van der Waals surface area contributed by atoms with Crippen LogP contribution in [0.3, 0.4) is 0 Å². The summed E-state index contributed by atoms with van der Waals surface area (Å²) in [6, 6.07) is 10.5. The summed E-state index contributed by atoms with van der Waals surface area (Å²) in [6.07, 6.45) is -14.7. The third-order valence-electron chi connectivity index (χ3n) is 6.24. The van der Waals surface area contributed by atoms with Gasteiger partial charge in [-0.3, -0.25) is 14.4 Å². The number of nitrogens with one attached hydrogen (secondary N) is 2. The van der Waals surface area contributed by atoms with E-state index in [0.717, 1.165) is 12.1 Å². The maximum Gasteiger partial charge on any atom is 0.389 e. The van der Waals surface area contributed by atoms with Crippen molar-refractivity contribution in [1.29, 1.82) is 0 Å². The van der Waals surface area contributed by atoms with Crippen LogP contribution in [0.2, 0.25) is 0 Å². The summed E-state index contributed by atoms with van der Waals surface area (Å²) in [6.45, 7) is -0.268. The first-order chi connectivity index (χ1) is 18.1. The van der Waals surface area contributed by atoms with Gasteiger partial charge in [-0.15, -0.1) is 0 Å². The highest BCUT2D eigenvalue weighted by Crippen LogP contribution is 2.36. The fourth-order valence-corrected chi connectivity index (χ4v) is 4.36. The lowest BCUT2D eigenvalue weighted by atomic mass is 9.83. The quantitative estimate of drug-likeness (QED) is 0.382. The number of rotatable bonds is 9. The summed E-state index contributed by atoms with van der Waals surface area (Å²) in [5.74, 6) is -7.91. The van der Waals surface area contributed by atoms with Gasteiger partial charge in [-0.1, -0.05) is 18.2 Å². The van der Waals surface area contributed by atoms with Gasteiger partial charge < -0.3 is 21.3 Å². The lowest BCUT2D eigenvalue weighted by Crippen LogP contribution is -2.52. The van der Waals surface area contributed by atoms with E-state index in [1.54, 1.807) is 35.2 Å². The highest BCUT2D eigenvalue weighted by atomic mass is 19.4. The van der Waals surface area contributed by atoms with E-state index in [2.05, 4.69) is 10.6 Å². The number of nitrogens with two attached hydrogens (primary N) is 1. The van der Waals surface area contributed by atoms with Gasteiger partial charge in [0, 0.05) is 30.4 Å². The molecule has 0 spiro atoms. The Morgan fingerprint density at radius 2 is 1.56 bits per heavy atom. The Bertz CT molecular complexity index is 1190. The number of hydrogen-bond donors (Lipinski definition) is 3. The van der Waals surface area contributed by atoms with Crippen LogP contribution in [-0.4, -0.2) is 42.7 Å². The third-order valence-corrected chi connectivity index (χ3v) is 6.24. The van der Waals surface area contributed by atoms with E-state index in [-0.39, 0.29) is 12.2 Å². The molecule has 0 bridgehead atoms. The molecule has 212 valence electrons. The predicted octanol–water partition coefficient (Wildman–Crippen LogP) is 4.80. The first-order valence-corrected chi connectivity index (χ1v) is 11.8. The number of carbonyl (C=O) groups is 3. The van der Waals surface area contributed by atoms with Crippen LogP contribution in [0.1, 0.15) is 25.7 Å². The zero-order chi connectivity index (χ0) is 29.0. The maximum atomic E-state index is 13.9. The van der Waals surface area contributed by atoms with Crippen LogP contribution >= 0.6 is 0 Å². The average molecular weight is 562 g/mol. The van der Waals surface area contributed by atoms with E-state index in [1.165, 1.54) is 6.07 Å². The summed E-state index contributed by atoms with van der Waals surface area (Å²) < 4.78 is 91.4. The number of carbonyl (C=O) groups excluding carboxylic acids is 3. The Morgan fingerprint density at radius 3 is 2.13 bits per heavy atom. The number of benzene rings is 2. The molecule has 1 aliphatic rings. The van der Waals surface area contributed by atoms with Crippen LogP contribution in [0.5, 0.6) is 0 Å². The standard InChI is InChI=1S/C25H25F7N4O3/c26-14-6-7-20-18(12-14)34-23(39)19(13-36(20)15-4-2-1-3-5-15)35-22(38)17(9-11-25(30,31)32)16(21(33)37)8-10-24(27,28)29/h1-7,12,16-17,19H,8-11,13H2,(H2,33,37)(H,34,39)(H,35,38). The molecule has 0 aliphatic carbocycles. The molecule has 3 unspecified atom stereocenters. The van der Waals surface area contributed by atoms with E-state index in [0.29, 0.717) is 11.4 Å². The normalized spacial score (nSPS) is 17.5. The van der Waals surface area contributed by atoms with Crippen LogP contribution in [0, 0.1) is 17.7 Å². The summed E-state index contributed by atoms with van der Waals surface area (Å²) in [7, 11) is 0. The smallest absolute Gasteiger partial charge is 0.369 e. The first kappa shape index (κ1) is 29.7. The molecule has 0 radical (unpaired) electrons. The number of fused-ring (bicyclic) bond motifs is 1. The molecule has 2 aromatic carbocycles. The molecule has 14 heteroatoms. The van der Waals surface area contributed by atoms with Gasteiger partial charge in [-0.25, -0.2) is 4.39 Å². The van der Waals surface area contributed by atoms with Crippen molar-refractivity contribution in [2.75, 3.05) is 16.8 Å². The third kappa shape index (κ3) is 8.32. The molecule has 2 aromatic rings. The summed E-state index contributed by atoms with van der Waals surface area (Å²) >= 11 is 0. The monoisotopic (exact) mass is 562 g/mol. The van der Waals surface area contributed by atoms with Gasteiger partial charge in [-0.05, 0) is 43.2 Å². The van der Waals surface area contributed by atoms with E-state index in [1.807, 2.05) is 0 Å². The van der Waals surface area contributed by atoms with E-state index in [4.69, 9.17) is 5.73 Å². The Hall–Kier alpha value is -3.84. The number of anilines is 3. The number of amides is 3. The van der Waals surface area contributed by atoms with Gasteiger partial charge in [-0.2, -0.15) is 26.3 Å². The highest BCUT2D eigenvalue weighted by molar-refractivity contribution is 6.02. The first-order valence-electron chi connectivity index (χ1n) is 11.8. The number of halogens is 7. The zero-order valence-corrected chi connectivity index (χ0v) is 20.3. The molecule has 0 saturated carbocycles. The van der Waals surface area contributed by atoms with E-state index in [9.17, 15) is 45.1 Å². The number of primary amides is 1. The van der Waals surface area contributed by atoms with Crippen molar-refractivity contribution in [2.45, 2.75) is 44.1 Å². The Balaban J connectivity index is 1.92. The molecule has 1 heterocycles. The van der Waals surface area contributed by atoms with Crippen molar-refractivity contribution >= 4 is 34.8 Å². The lowest BCUT2D eigenvalue weighted by molar-refractivity contribution is -0.152. The van der Waals surface area contributed by atoms with Crippen LogP contribution < -0.4 is 21.3 Å². The average Bonchev–Trinajstić information content (AvgIpc) is 2.95. The Labute approximate surface area is 218 Å². The molecule has 3 amide bonds. The number of alkyl halides is 6. The van der Waals surface area contributed by atoms with Gasteiger partial charge in [0.2, 0.25) is 17.7 Å². The second-order valence-corrected chi connectivity index (χ2v) is 9.08. The fraction of sp³-hybridized carbons (Fsp3) is 0.400. The van der Waals surface area contributed by atoms with Crippen molar-refractivity contribution in [1.82, 2.24) is 5.32 Å². The van der Waals surface area contributed by atoms with Gasteiger partial charge in [0.1, 0.15) is 11.9 Å². The lowest BCUT2D eigenvalue weighted by Gasteiger charge is -2.29. The fourth-order valence-electron chi connectivity index (χ4n) is 4.36. The summed E-state index contributed by atoms with van der Waals surface area (Å²) in [5, 5.41) is 4.74. The molecule has 0 saturated heterocycles. The topological polar surface area (TPSA) is 105 Å².